The van der Waals surface area contributed by atoms with Crippen LogP contribution in [0.4, 0.5) is 0 Å². The molecule has 0 amide bonds. The highest BCUT2D eigenvalue weighted by Gasteiger charge is 2.07. The van der Waals surface area contributed by atoms with Crippen LogP contribution >= 0.6 is 35.3 Å². The number of aliphatic imine (C=N–C) groups is 1. The van der Waals surface area contributed by atoms with Crippen molar-refractivity contribution in [1.82, 2.24) is 15.6 Å². The van der Waals surface area contributed by atoms with Crippen molar-refractivity contribution in [3.05, 3.63) is 15.6 Å². The maximum absolute atomic E-state index is 4.65. The van der Waals surface area contributed by atoms with E-state index >= 15 is 0 Å². The number of thiazole rings is 1. The molecule has 1 unspecified atom stereocenters. The van der Waals surface area contributed by atoms with Crippen molar-refractivity contribution < 1.29 is 0 Å². The van der Waals surface area contributed by atoms with Gasteiger partial charge in [0.05, 0.1) is 12.2 Å². The summed E-state index contributed by atoms with van der Waals surface area (Å²) in [6.45, 7) is 14.5. The van der Waals surface area contributed by atoms with Crippen molar-refractivity contribution in [3.63, 3.8) is 0 Å². The van der Waals surface area contributed by atoms with Crippen LogP contribution < -0.4 is 10.6 Å². The number of aryl methyl sites for hydroxylation is 2. The third-order valence-corrected chi connectivity index (χ3v) is 4.41. The van der Waals surface area contributed by atoms with Crippen molar-refractivity contribution in [2.75, 3.05) is 6.54 Å². The lowest BCUT2D eigenvalue weighted by molar-refractivity contribution is 0.489. The molecule has 0 radical (unpaired) electrons. The molecule has 0 bridgehead atoms. The lowest BCUT2D eigenvalue weighted by Crippen LogP contribution is -2.42. The first-order chi connectivity index (χ1) is 9.92. The minimum atomic E-state index is 0. The molecule has 1 rings (SSSR count). The van der Waals surface area contributed by atoms with E-state index in [4.69, 9.17) is 0 Å². The third kappa shape index (κ3) is 8.31. The Bertz CT molecular complexity index is 437. The van der Waals surface area contributed by atoms with Gasteiger partial charge in [-0.05, 0) is 46.5 Å². The number of rotatable bonds is 7. The van der Waals surface area contributed by atoms with E-state index in [0.717, 1.165) is 35.5 Å². The van der Waals surface area contributed by atoms with E-state index in [2.05, 4.69) is 62.2 Å². The van der Waals surface area contributed by atoms with E-state index in [9.17, 15) is 0 Å². The molecule has 1 aromatic heterocycles. The average molecular weight is 438 g/mol. The van der Waals surface area contributed by atoms with Crippen LogP contribution in [0.1, 0.15) is 56.1 Å². The molecule has 0 aliphatic heterocycles. The fourth-order valence-corrected chi connectivity index (χ4v) is 2.82. The second-order valence-electron chi connectivity index (χ2n) is 5.96. The van der Waals surface area contributed by atoms with Gasteiger partial charge in [-0.2, -0.15) is 0 Å². The molecule has 0 saturated heterocycles. The molecule has 1 heterocycles. The van der Waals surface area contributed by atoms with Gasteiger partial charge in [0.15, 0.2) is 5.96 Å². The molecule has 0 fully saturated rings. The minimum absolute atomic E-state index is 0. The topological polar surface area (TPSA) is 49.3 Å². The van der Waals surface area contributed by atoms with Gasteiger partial charge in [0.1, 0.15) is 5.01 Å². The molecule has 2 N–H and O–H groups in total. The normalized spacial score (nSPS) is 13.0. The quantitative estimate of drug-likeness (QED) is 0.380. The highest BCUT2D eigenvalue weighted by atomic mass is 127. The maximum atomic E-state index is 4.65. The summed E-state index contributed by atoms with van der Waals surface area (Å²) in [7, 11) is 0. The molecule has 1 atom stereocenters. The van der Waals surface area contributed by atoms with Gasteiger partial charge in [-0.3, -0.25) is 0 Å². The van der Waals surface area contributed by atoms with Crippen molar-refractivity contribution in [1.29, 1.82) is 0 Å². The summed E-state index contributed by atoms with van der Waals surface area (Å²) in [6.07, 6.45) is 2.40. The van der Waals surface area contributed by atoms with E-state index in [1.54, 1.807) is 11.3 Å². The molecule has 0 spiro atoms. The minimum Gasteiger partial charge on any atom is -0.357 e. The number of nitrogens with one attached hydrogen (secondary N) is 2. The van der Waals surface area contributed by atoms with Crippen LogP contribution in [-0.4, -0.2) is 23.5 Å². The average Bonchev–Trinajstić information content (AvgIpc) is 2.73. The van der Waals surface area contributed by atoms with Gasteiger partial charge < -0.3 is 10.6 Å². The van der Waals surface area contributed by atoms with Crippen LogP contribution in [0, 0.1) is 19.8 Å². The lowest BCUT2D eigenvalue weighted by Gasteiger charge is -2.18. The van der Waals surface area contributed by atoms with Crippen LogP contribution in [-0.2, 0) is 6.54 Å². The van der Waals surface area contributed by atoms with Crippen molar-refractivity contribution >= 4 is 41.3 Å². The first kappa shape index (κ1) is 21.6. The number of aromatic nitrogens is 1. The van der Waals surface area contributed by atoms with Crippen LogP contribution in [0.2, 0.25) is 0 Å². The third-order valence-electron chi connectivity index (χ3n) is 3.35. The van der Waals surface area contributed by atoms with E-state index in [0.29, 0.717) is 12.6 Å². The Morgan fingerprint density at radius 3 is 2.41 bits per heavy atom. The Morgan fingerprint density at radius 2 is 1.91 bits per heavy atom. The SMILES string of the molecule is CCNC(=NCc1nc(C)c(C)s1)NC(C)CCC(C)C.I. The smallest absolute Gasteiger partial charge is 0.191 e. The second kappa shape index (κ2) is 11.2. The molecule has 0 aliphatic rings. The molecule has 0 aliphatic carbocycles. The molecular formula is C16H31IN4S. The predicted molar refractivity (Wildman–Crippen MR) is 108 cm³/mol. The Balaban J connectivity index is 0.00000441. The fraction of sp³-hybridized carbons (Fsp3) is 0.750. The number of nitrogens with zero attached hydrogens (tertiary/aromatic N) is 2. The Morgan fingerprint density at radius 1 is 1.23 bits per heavy atom. The number of halogens is 1. The molecule has 0 aromatic carbocycles. The summed E-state index contributed by atoms with van der Waals surface area (Å²) in [5.74, 6) is 1.63. The van der Waals surface area contributed by atoms with Gasteiger partial charge in [-0.15, -0.1) is 35.3 Å². The Kier molecular flexibility index (Phi) is 11.0. The van der Waals surface area contributed by atoms with Gasteiger partial charge in [0.25, 0.3) is 0 Å². The van der Waals surface area contributed by atoms with Gasteiger partial charge in [0.2, 0.25) is 0 Å². The van der Waals surface area contributed by atoms with Crippen molar-refractivity contribution in [2.24, 2.45) is 10.9 Å². The van der Waals surface area contributed by atoms with Crippen molar-refractivity contribution in [2.45, 2.75) is 67.0 Å². The predicted octanol–water partition coefficient (Wildman–Crippen LogP) is 4.26. The number of guanidine groups is 1. The first-order valence-corrected chi connectivity index (χ1v) is 8.71. The lowest BCUT2D eigenvalue weighted by atomic mass is 10.0. The Labute approximate surface area is 156 Å². The van der Waals surface area contributed by atoms with Crippen LogP contribution in [0.15, 0.2) is 4.99 Å². The number of hydrogen-bond donors (Lipinski definition) is 2. The summed E-state index contributed by atoms with van der Waals surface area (Å²) in [4.78, 5) is 10.5. The van der Waals surface area contributed by atoms with Gasteiger partial charge in [-0.25, -0.2) is 9.98 Å². The van der Waals surface area contributed by atoms with E-state index in [-0.39, 0.29) is 24.0 Å². The summed E-state index contributed by atoms with van der Waals surface area (Å²) in [5, 5.41) is 7.87. The standard InChI is InChI=1S/C16H30N4S.HI/c1-7-17-16(19-12(4)9-8-11(2)3)18-10-15-20-13(5)14(6)21-15;/h11-12H,7-10H2,1-6H3,(H2,17,18,19);1H. The van der Waals surface area contributed by atoms with Gasteiger partial charge in [0, 0.05) is 17.5 Å². The molecule has 4 nitrogen and oxygen atoms in total. The summed E-state index contributed by atoms with van der Waals surface area (Å²) in [6, 6.07) is 0.435. The van der Waals surface area contributed by atoms with Crippen molar-refractivity contribution in [3.8, 4) is 0 Å². The highest BCUT2D eigenvalue weighted by Crippen LogP contribution is 2.17. The molecular weight excluding hydrogens is 407 g/mol. The maximum Gasteiger partial charge on any atom is 0.191 e. The first-order valence-electron chi connectivity index (χ1n) is 7.90. The fourth-order valence-electron chi connectivity index (χ4n) is 1.96. The molecule has 1 aromatic rings. The highest BCUT2D eigenvalue weighted by molar-refractivity contribution is 14.0. The largest absolute Gasteiger partial charge is 0.357 e. The van der Waals surface area contributed by atoms with Crippen LogP contribution in [0.25, 0.3) is 0 Å². The van der Waals surface area contributed by atoms with Crippen LogP contribution in [0.3, 0.4) is 0 Å². The van der Waals surface area contributed by atoms with Gasteiger partial charge in [-0.1, -0.05) is 13.8 Å². The van der Waals surface area contributed by atoms with Crippen LogP contribution in [0.5, 0.6) is 0 Å². The summed E-state index contributed by atoms with van der Waals surface area (Å²) >= 11 is 1.73. The zero-order valence-corrected chi connectivity index (χ0v) is 17.8. The second-order valence-corrected chi connectivity index (χ2v) is 7.25. The zero-order valence-electron chi connectivity index (χ0n) is 14.7. The molecule has 128 valence electrons. The summed E-state index contributed by atoms with van der Waals surface area (Å²) in [5.41, 5.74) is 1.12. The van der Waals surface area contributed by atoms with E-state index in [1.165, 1.54) is 11.3 Å². The zero-order chi connectivity index (χ0) is 15.8. The van der Waals surface area contributed by atoms with Gasteiger partial charge >= 0.3 is 0 Å². The Hall–Kier alpha value is -0.370. The summed E-state index contributed by atoms with van der Waals surface area (Å²) < 4.78 is 0. The molecule has 0 saturated carbocycles. The molecule has 22 heavy (non-hydrogen) atoms. The number of hydrogen-bond acceptors (Lipinski definition) is 3. The monoisotopic (exact) mass is 438 g/mol. The van der Waals surface area contributed by atoms with E-state index < -0.39 is 0 Å². The molecule has 6 heteroatoms. The van der Waals surface area contributed by atoms with E-state index in [1.807, 2.05) is 0 Å².